The van der Waals surface area contributed by atoms with E-state index in [9.17, 15) is 40.9 Å². The van der Waals surface area contributed by atoms with Gasteiger partial charge in [-0.25, -0.2) is 9.98 Å². The number of benzene rings is 18. The predicted octanol–water partition coefficient (Wildman–Crippen LogP) is 28.5. The summed E-state index contributed by atoms with van der Waals surface area (Å²) in [4.78, 5) is 38.9. The van der Waals surface area contributed by atoms with E-state index in [1.807, 2.05) is 308 Å². The second-order valence-electron chi connectivity index (χ2n) is 31.3. The number of fused-ring (bicyclic) bond motifs is 3. The van der Waals surface area contributed by atoms with E-state index in [-0.39, 0.29) is 124 Å². The molecule has 20 heteroatoms. The topological polar surface area (TPSA) is 261 Å². The van der Waals surface area contributed by atoms with Crippen LogP contribution in [-0.2, 0) is 77.9 Å². The second kappa shape index (κ2) is 48.6. The molecule has 654 valence electrons. The van der Waals surface area contributed by atoms with Crippen LogP contribution < -0.4 is 0 Å². The Morgan fingerprint density at radius 3 is 0.676 bits per heavy atom. The van der Waals surface area contributed by atoms with Gasteiger partial charge in [0.05, 0.1) is 56.9 Å². The molecule has 0 atom stereocenters. The standard InChI is InChI=1S/C36H26N2O2.C30H28N2O2.C26H22N2O2.C24H18N2O2.4Zn/c39-33-21-11-9-19-29(33)35(25-13-3-1-4-14-25)37-31-23-27-17-7-8-18-28(27)24-32(31)38-36(26-15-5-2-6-16-26)30-20-10-12-22-34(30)40;1-19-13-15-25(27(17-19)31-21(3)23-9-5-7-11-29(23)33)26-16-14-20(2)18-28(26)32-22(4)24-10-6-8-12-30(24)34;1-17(21-11-5-7-13-25(21)29)27-23-15-19-9-3-4-10-20(19)16-24(23)28-18(2)22-12-6-8-14-26(22)30;27-23-11-5-3-9-19(23)15-25-21-13-17-7-1-2-8-18(17)14-22(21)26-16-20-10-4-6-12-24(20)28;;;;/h1-24,39-40H;5-18,33-34H,1-4H3;3-16,29-30H,1-2H3;1-16,27-28H;;;;. The molecule has 0 aliphatic rings. The van der Waals surface area contributed by atoms with Crippen LogP contribution in [0.2, 0.25) is 0 Å². The molecule has 18 rings (SSSR count). The number of hydrogen-bond donors (Lipinski definition) is 8. The number of hydrogen-bond acceptors (Lipinski definition) is 16. The van der Waals surface area contributed by atoms with Crippen molar-refractivity contribution in [3.8, 4) is 57.1 Å². The summed E-state index contributed by atoms with van der Waals surface area (Å²) in [7, 11) is 0. The van der Waals surface area contributed by atoms with Crippen LogP contribution in [0.5, 0.6) is 46.0 Å². The average molecular weight is 1990 g/mol. The van der Waals surface area contributed by atoms with Gasteiger partial charge in [-0.3, -0.25) is 30.0 Å². The Labute approximate surface area is 841 Å². The third-order valence-corrected chi connectivity index (χ3v) is 21.9. The molecule has 0 amide bonds. The largest absolute Gasteiger partial charge is 0.507 e. The fraction of sp³-hybridized carbons (Fsp3) is 0.0517. The average Bonchev–Trinajstić information content (AvgIpc) is 0.787. The Hall–Kier alpha value is -15.0. The van der Waals surface area contributed by atoms with E-state index in [2.05, 4.69) is 34.3 Å². The van der Waals surface area contributed by atoms with Gasteiger partial charge >= 0.3 is 0 Å². The van der Waals surface area contributed by atoms with Crippen molar-refractivity contribution in [3.63, 3.8) is 0 Å². The molecular weight excluding hydrogens is 1890 g/mol. The van der Waals surface area contributed by atoms with Crippen LogP contribution in [0.3, 0.4) is 0 Å². The Morgan fingerprint density at radius 2 is 0.412 bits per heavy atom. The maximum atomic E-state index is 10.8. The number of aryl methyl sites for hydroxylation is 2. The molecule has 0 saturated carbocycles. The Morgan fingerprint density at radius 1 is 0.199 bits per heavy atom. The number of phenolic OH excluding ortho intramolecular Hbond substituents is 8. The molecule has 0 spiro atoms. The second-order valence-corrected chi connectivity index (χ2v) is 31.3. The summed E-state index contributed by atoms with van der Waals surface area (Å²) in [6.07, 6.45) is 3.25. The van der Waals surface area contributed by atoms with Crippen molar-refractivity contribution in [2.45, 2.75) is 41.5 Å². The van der Waals surface area contributed by atoms with Crippen LogP contribution in [0.15, 0.2) is 440 Å². The third-order valence-electron chi connectivity index (χ3n) is 21.9. The summed E-state index contributed by atoms with van der Waals surface area (Å²) in [5.41, 5.74) is 20.9. The molecule has 0 radical (unpaired) electrons. The van der Waals surface area contributed by atoms with Gasteiger partial charge in [0.2, 0.25) is 0 Å². The van der Waals surface area contributed by atoms with Crippen molar-refractivity contribution in [2.24, 2.45) is 39.9 Å². The molecule has 0 unspecified atom stereocenters. The third kappa shape index (κ3) is 25.7. The summed E-state index contributed by atoms with van der Waals surface area (Å²) >= 11 is 0. The van der Waals surface area contributed by atoms with Crippen molar-refractivity contribution in [2.75, 3.05) is 0 Å². The Kier molecular flexibility index (Phi) is 36.3. The van der Waals surface area contributed by atoms with E-state index in [1.165, 1.54) is 0 Å². The van der Waals surface area contributed by atoms with Gasteiger partial charge in [0.1, 0.15) is 46.0 Å². The summed E-state index contributed by atoms with van der Waals surface area (Å²) < 4.78 is 0. The fourth-order valence-electron chi connectivity index (χ4n) is 15.0. The molecule has 0 heterocycles. The van der Waals surface area contributed by atoms with Gasteiger partial charge in [0.25, 0.3) is 0 Å². The Balaban J connectivity index is 0.000000174. The van der Waals surface area contributed by atoms with E-state index in [0.29, 0.717) is 101 Å². The monoisotopic (exact) mass is 1980 g/mol. The summed E-state index contributed by atoms with van der Waals surface area (Å²) in [5.74, 6) is 1.43. The molecule has 0 aliphatic carbocycles. The van der Waals surface area contributed by atoms with Crippen molar-refractivity contribution in [1.82, 2.24) is 0 Å². The molecule has 0 bridgehead atoms. The summed E-state index contributed by atoms with van der Waals surface area (Å²) in [5, 5.41) is 88.7. The first kappa shape index (κ1) is 102. The van der Waals surface area contributed by atoms with Gasteiger partial charge in [-0.15, -0.1) is 0 Å². The number of para-hydroxylation sites is 8. The number of phenols is 8. The van der Waals surface area contributed by atoms with Crippen LogP contribution in [0.1, 0.15) is 94.5 Å². The zero-order valence-corrected chi connectivity index (χ0v) is 88.1. The zero-order valence-electron chi connectivity index (χ0n) is 76.2. The van der Waals surface area contributed by atoms with E-state index < -0.39 is 0 Å². The van der Waals surface area contributed by atoms with Crippen LogP contribution in [-0.4, -0.2) is 87.6 Å². The van der Waals surface area contributed by atoms with E-state index in [1.54, 1.807) is 122 Å². The van der Waals surface area contributed by atoms with Gasteiger partial charge in [-0.1, -0.05) is 255 Å². The van der Waals surface area contributed by atoms with E-state index in [0.717, 1.165) is 88.5 Å². The van der Waals surface area contributed by atoms with Crippen LogP contribution in [0, 0.1) is 13.8 Å². The molecule has 0 fully saturated rings. The predicted molar refractivity (Wildman–Crippen MR) is 544 cm³/mol. The maximum Gasteiger partial charge on any atom is 0.124 e. The fourth-order valence-corrected chi connectivity index (χ4v) is 15.0. The number of aliphatic imine (C=N–C) groups is 8. The van der Waals surface area contributed by atoms with Gasteiger partial charge in [-0.05, 0) is 231 Å². The quantitative estimate of drug-likeness (QED) is 0.0284. The zero-order chi connectivity index (χ0) is 92.0. The number of aromatic hydroxyl groups is 8. The molecule has 18 aromatic rings. The Bertz CT molecular complexity index is 7110. The number of rotatable bonds is 19. The number of nitrogens with zero attached hydrogens (tertiary/aromatic N) is 8. The van der Waals surface area contributed by atoms with E-state index >= 15 is 0 Å². The molecule has 0 aliphatic heterocycles. The van der Waals surface area contributed by atoms with E-state index in [4.69, 9.17) is 30.0 Å². The smallest absolute Gasteiger partial charge is 0.124 e. The molecule has 136 heavy (non-hydrogen) atoms. The van der Waals surface area contributed by atoms with Gasteiger partial charge in [0, 0.05) is 180 Å². The van der Waals surface area contributed by atoms with Gasteiger partial charge in [-0.2, -0.15) is 0 Å². The van der Waals surface area contributed by atoms with Crippen molar-refractivity contribution >= 4 is 125 Å². The van der Waals surface area contributed by atoms with Crippen molar-refractivity contribution in [3.05, 3.63) is 467 Å². The molecule has 16 nitrogen and oxygen atoms in total. The van der Waals surface area contributed by atoms with Crippen LogP contribution >= 0.6 is 0 Å². The van der Waals surface area contributed by atoms with Crippen molar-refractivity contribution < 1.29 is 119 Å². The van der Waals surface area contributed by atoms with Crippen LogP contribution in [0.4, 0.5) is 45.5 Å². The molecular formula is C116H94N8O8Zn4. The minimum atomic E-state index is 0. The first-order valence-electron chi connectivity index (χ1n) is 42.9. The summed E-state index contributed by atoms with van der Waals surface area (Å²) in [6.45, 7) is 11.6. The first-order chi connectivity index (χ1) is 64.2. The minimum absolute atomic E-state index is 0. The first-order valence-corrected chi connectivity index (χ1v) is 42.9. The van der Waals surface area contributed by atoms with Gasteiger partial charge in [0.15, 0.2) is 0 Å². The van der Waals surface area contributed by atoms with Crippen molar-refractivity contribution in [1.29, 1.82) is 0 Å². The SMILES string of the molecule is CC(=Nc1cc(C)ccc1-c1ccc(C)cc1N=C(C)c1ccccc1O)c1ccccc1O.CC(=Nc1cc2ccccc2cc1N=C(C)c1ccccc1O)c1ccccc1O.Oc1ccccc1C(=Nc1cc2ccccc2cc1N=C(c1ccccc1)c1ccccc1O)c1ccccc1.Oc1ccccc1C=Nc1cc2ccccc2cc1N=Cc1ccccc1O.[Zn].[Zn].[Zn].[Zn]. The summed E-state index contributed by atoms with van der Waals surface area (Å²) in [6, 6.07) is 125. The molecule has 8 N–H and O–H groups in total. The maximum absolute atomic E-state index is 10.8. The molecule has 0 aromatic heterocycles. The normalized spacial score (nSPS) is 11.7. The molecule has 0 saturated heterocycles. The van der Waals surface area contributed by atoms with Gasteiger partial charge < -0.3 is 40.9 Å². The minimum Gasteiger partial charge on any atom is -0.507 e. The van der Waals surface area contributed by atoms with Crippen LogP contribution in [0.25, 0.3) is 43.4 Å². The molecule has 18 aromatic carbocycles.